The number of hydrogen-bond acceptors (Lipinski definition) is 4. The van der Waals surface area contributed by atoms with Crippen molar-refractivity contribution in [2.24, 2.45) is 18.7 Å². The fourth-order valence-electron chi connectivity index (χ4n) is 3.33. The van der Waals surface area contributed by atoms with Crippen molar-refractivity contribution in [3.05, 3.63) is 10.6 Å². The van der Waals surface area contributed by atoms with Gasteiger partial charge in [0, 0.05) is 26.4 Å². The van der Waals surface area contributed by atoms with Crippen molar-refractivity contribution in [2.45, 2.75) is 58.5 Å². The lowest BCUT2D eigenvalue weighted by Crippen LogP contribution is -2.28. The first kappa shape index (κ1) is 18.1. The van der Waals surface area contributed by atoms with Crippen LogP contribution in [0.25, 0.3) is 0 Å². The maximum Gasteiger partial charge on any atom is 0.217 e. The monoisotopic (exact) mass is 339 g/mol. The summed E-state index contributed by atoms with van der Waals surface area (Å²) < 4.78 is 4.47. The van der Waals surface area contributed by atoms with E-state index >= 15 is 0 Å². The topological polar surface area (TPSA) is 69.1 Å². The van der Waals surface area contributed by atoms with Gasteiger partial charge >= 0.3 is 0 Å². The van der Waals surface area contributed by atoms with Crippen LogP contribution in [-0.4, -0.2) is 38.2 Å². The van der Waals surface area contributed by atoms with Gasteiger partial charge in [-0.2, -0.15) is 5.10 Å². The first-order valence-electron chi connectivity index (χ1n) is 8.64. The summed E-state index contributed by atoms with van der Waals surface area (Å²) in [5, 5.41) is 4.59. The van der Waals surface area contributed by atoms with Crippen LogP contribution in [-0.2, 0) is 24.9 Å². The van der Waals surface area contributed by atoms with Crippen LogP contribution < -0.4 is 5.73 Å². The Morgan fingerprint density at radius 3 is 2.87 bits per heavy atom. The van der Waals surface area contributed by atoms with E-state index < -0.39 is 0 Å². The highest BCUT2D eigenvalue weighted by Crippen LogP contribution is 2.22. The highest BCUT2D eigenvalue weighted by atomic mass is 32.1. The molecule has 0 spiro atoms. The number of carbonyl (C=O) groups excluding carboxylic acids is 1. The molecule has 0 radical (unpaired) electrons. The van der Waals surface area contributed by atoms with E-state index in [1.807, 2.05) is 16.3 Å². The van der Waals surface area contributed by atoms with Crippen LogP contribution in [0.4, 0.5) is 0 Å². The second kappa shape index (κ2) is 8.59. The molecule has 1 atom stereocenters. The molecule has 6 nitrogen and oxygen atoms in total. The van der Waals surface area contributed by atoms with Gasteiger partial charge in [-0.05, 0) is 43.9 Å². The molecule has 1 unspecified atom stereocenters. The van der Waals surface area contributed by atoms with Crippen molar-refractivity contribution >= 4 is 18.1 Å². The third kappa shape index (κ3) is 5.14. The molecule has 0 aliphatic carbocycles. The van der Waals surface area contributed by atoms with Crippen LogP contribution in [0.5, 0.6) is 0 Å². The SMILES string of the molecule is CCCC1CCCN(Cn2nc(CCC(N)=O)n(C)c2=S)CC1. The molecule has 0 bridgehead atoms. The molecule has 2 rings (SSSR count). The quantitative estimate of drug-likeness (QED) is 0.774. The molecule has 1 amide bonds. The lowest BCUT2D eigenvalue weighted by molar-refractivity contribution is -0.118. The van der Waals surface area contributed by atoms with Gasteiger partial charge < -0.3 is 10.3 Å². The second-order valence-corrected chi connectivity index (χ2v) is 6.93. The number of carbonyl (C=O) groups is 1. The molecule has 2 N–H and O–H groups in total. The molecule has 1 saturated heterocycles. The summed E-state index contributed by atoms with van der Waals surface area (Å²) >= 11 is 5.48. The van der Waals surface area contributed by atoms with Gasteiger partial charge in [0.25, 0.3) is 0 Å². The van der Waals surface area contributed by atoms with Crippen LogP contribution >= 0.6 is 12.2 Å². The number of nitrogens with two attached hydrogens (primary N) is 1. The van der Waals surface area contributed by atoms with E-state index in [1.165, 1.54) is 32.1 Å². The normalized spacial score (nSPS) is 19.7. The zero-order valence-corrected chi connectivity index (χ0v) is 15.1. The van der Waals surface area contributed by atoms with Crippen molar-refractivity contribution in [2.75, 3.05) is 13.1 Å². The van der Waals surface area contributed by atoms with Crippen LogP contribution in [0.15, 0.2) is 0 Å². The van der Waals surface area contributed by atoms with Gasteiger partial charge in [0.15, 0.2) is 4.77 Å². The molecule has 0 aromatic carbocycles. The highest BCUT2D eigenvalue weighted by molar-refractivity contribution is 7.71. The van der Waals surface area contributed by atoms with E-state index in [4.69, 9.17) is 18.0 Å². The Balaban J connectivity index is 1.98. The third-order valence-corrected chi connectivity index (χ3v) is 5.18. The van der Waals surface area contributed by atoms with Crippen molar-refractivity contribution < 1.29 is 4.79 Å². The van der Waals surface area contributed by atoms with Gasteiger partial charge in [-0.1, -0.05) is 19.8 Å². The molecule has 23 heavy (non-hydrogen) atoms. The minimum atomic E-state index is -0.306. The van der Waals surface area contributed by atoms with Gasteiger partial charge in [0.2, 0.25) is 5.91 Å². The maximum atomic E-state index is 11.0. The average molecular weight is 340 g/mol. The van der Waals surface area contributed by atoms with Gasteiger partial charge in [-0.3, -0.25) is 9.69 Å². The Labute approximate surface area is 143 Å². The number of amides is 1. The zero-order valence-electron chi connectivity index (χ0n) is 14.3. The Morgan fingerprint density at radius 2 is 2.17 bits per heavy atom. The Bertz CT molecular complexity index is 580. The van der Waals surface area contributed by atoms with E-state index in [-0.39, 0.29) is 5.91 Å². The number of aromatic nitrogens is 3. The number of primary amides is 1. The lowest BCUT2D eigenvalue weighted by Gasteiger charge is -2.19. The Kier molecular flexibility index (Phi) is 6.77. The lowest BCUT2D eigenvalue weighted by atomic mass is 9.96. The predicted octanol–water partition coefficient (Wildman–Crippen LogP) is 2.23. The predicted molar refractivity (Wildman–Crippen MR) is 93.4 cm³/mol. The van der Waals surface area contributed by atoms with Crippen molar-refractivity contribution in [3.8, 4) is 0 Å². The van der Waals surface area contributed by atoms with E-state index in [0.717, 1.165) is 31.5 Å². The van der Waals surface area contributed by atoms with E-state index in [0.29, 0.717) is 17.6 Å². The number of likely N-dealkylation sites (tertiary alicyclic amines) is 1. The second-order valence-electron chi connectivity index (χ2n) is 6.57. The molecule has 1 aliphatic rings. The van der Waals surface area contributed by atoms with Crippen LogP contribution in [0, 0.1) is 10.7 Å². The number of aryl methyl sites for hydroxylation is 1. The summed E-state index contributed by atoms with van der Waals surface area (Å²) in [6, 6.07) is 0. The summed E-state index contributed by atoms with van der Waals surface area (Å²) in [7, 11) is 1.90. The van der Waals surface area contributed by atoms with E-state index in [2.05, 4.69) is 16.9 Å². The molecule has 7 heteroatoms. The zero-order chi connectivity index (χ0) is 16.8. The summed E-state index contributed by atoms with van der Waals surface area (Å²) in [5.41, 5.74) is 5.22. The van der Waals surface area contributed by atoms with Gasteiger partial charge in [-0.15, -0.1) is 0 Å². The highest BCUT2D eigenvalue weighted by Gasteiger charge is 2.18. The number of hydrogen-bond donors (Lipinski definition) is 1. The summed E-state index contributed by atoms with van der Waals surface area (Å²) in [6.45, 7) is 5.22. The fourth-order valence-corrected chi connectivity index (χ4v) is 3.53. The van der Waals surface area contributed by atoms with Gasteiger partial charge in [-0.25, -0.2) is 4.68 Å². The maximum absolute atomic E-state index is 11.0. The first-order chi connectivity index (χ1) is 11.0. The molecular formula is C16H29N5OS. The molecule has 1 fully saturated rings. The van der Waals surface area contributed by atoms with E-state index in [9.17, 15) is 4.79 Å². The molecular weight excluding hydrogens is 310 g/mol. The third-order valence-electron chi connectivity index (χ3n) is 4.70. The van der Waals surface area contributed by atoms with Crippen LogP contribution in [0.2, 0.25) is 0 Å². The van der Waals surface area contributed by atoms with Crippen molar-refractivity contribution in [1.82, 2.24) is 19.2 Å². The summed E-state index contributed by atoms with van der Waals surface area (Å²) in [4.78, 5) is 13.4. The average Bonchev–Trinajstić information content (AvgIpc) is 2.68. The van der Waals surface area contributed by atoms with Gasteiger partial charge in [0.1, 0.15) is 5.82 Å². The number of rotatable bonds is 7. The standard InChI is InChI=1S/C16H29N5OS/c1-3-5-13-6-4-10-20(11-9-13)12-21-16(23)19(2)15(18-21)8-7-14(17)22/h13H,3-12H2,1-2H3,(H2,17,22). The molecule has 130 valence electrons. The Morgan fingerprint density at radius 1 is 1.39 bits per heavy atom. The molecule has 0 saturated carbocycles. The molecule has 1 aromatic rings. The molecule has 1 aliphatic heterocycles. The molecule has 1 aromatic heterocycles. The fraction of sp³-hybridized carbons (Fsp3) is 0.812. The number of nitrogens with zero attached hydrogens (tertiary/aromatic N) is 4. The first-order valence-corrected chi connectivity index (χ1v) is 9.05. The summed E-state index contributed by atoms with van der Waals surface area (Å²) in [5.74, 6) is 1.39. The van der Waals surface area contributed by atoms with Gasteiger partial charge in [0.05, 0.1) is 6.67 Å². The van der Waals surface area contributed by atoms with Crippen LogP contribution in [0.3, 0.4) is 0 Å². The molecule has 2 heterocycles. The summed E-state index contributed by atoms with van der Waals surface area (Å²) in [6.07, 6.45) is 7.32. The van der Waals surface area contributed by atoms with E-state index in [1.54, 1.807) is 0 Å². The van der Waals surface area contributed by atoms with Crippen LogP contribution in [0.1, 0.15) is 51.3 Å². The van der Waals surface area contributed by atoms with Crippen molar-refractivity contribution in [1.29, 1.82) is 0 Å². The smallest absolute Gasteiger partial charge is 0.217 e. The van der Waals surface area contributed by atoms with Crippen molar-refractivity contribution in [3.63, 3.8) is 0 Å². The Hall–Kier alpha value is -1.21. The largest absolute Gasteiger partial charge is 0.370 e. The minimum absolute atomic E-state index is 0.306. The minimum Gasteiger partial charge on any atom is -0.370 e.